The SMILES string of the molecule is COCP(=O)(N[C@@H](C)C(=O)OC(C)C)Oc1ccc(COC(=O)n2c(F)cc(=O)[nH]c2=O)cc1. The molecule has 2 rings (SSSR count). The molecule has 0 aliphatic heterocycles. The Morgan fingerprint density at radius 3 is 2.38 bits per heavy atom. The molecule has 0 spiro atoms. The Balaban J connectivity index is 2.04. The summed E-state index contributed by atoms with van der Waals surface area (Å²) in [5, 5.41) is 2.61. The van der Waals surface area contributed by atoms with Gasteiger partial charge >= 0.3 is 25.3 Å². The number of H-pyrrole nitrogens is 1. The smallest absolute Gasteiger partial charge is 0.424 e. The molecule has 14 heteroatoms. The van der Waals surface area contributed by atoms with Crippen LogP contribution in [0.4, 0.5) is 9.18 Å². The van der Waals surface area contributed by atoms with Gasteiger partial charge in [0, 0.05) is 7.11 Å². The van der Waals surface area contributed by atoms with Gasteiger partial charge in [-0.05, 0) is 38.5 Å². The third-order valence-electron chi connectivity index (χ3n) is 4.01. The summed E-state index contributed by atoms with van der Waals surface area (Å²) in [7, 11) is -2.34. The Morgan fingerprint density at radius 2 is 1.82 bits per heavy atom. The van der Waals surface area contributed by atoms with Gasteiger partial charge in [-0.2, -0.15) is 8.96 Å². The van der Waals surface area contributed by atoms with E-state index in [1.165, 1.54) is 38.3 Å². The van der Waals surface area contributed by atoms with Crippen molar-refractivity contribution in [1.82, 2.24) is 14.6 Å². The number of aromatic nitrogens is 2. The predicted octanol–water partition coefficient (Wildman–Crippen LogP) is 1.97. The molecular weight excluding hydrogens is 476 g/mol. The molecule has 0 saturated carbocycles. The summed E-state index contributed by atoms with van der Waals surface area (Å²) in [6.07, 6.45) is -2.00. The fourth-order valence-electron chi connectivity index (χ4n) is 2.61. The zero-order chi connectivity index (χ0) is 25.5. The van der Waals surface area contributed by atoms with Crippen LogP contribution in [0, 0.1) is 5.95 Å². The molecule has 0 fully saturated rings. The second-order valence-corrected chi connectivity index (χ2v) is 9.36. The summed E-state index contributed by atoms with van der Waals surface area (Å²) in [4.78, 5) is 48.4. The molecule has 0 saturated heterocycles. The number of hydrogen-bond acceptors (Lipinski definition) is 9. The topological polar surface area (TPSA) is 155 Å². The first-order chi connectivity index (χ1) is 15.9. The van der Waals surface area contributed by atoms with Gasteiger partial charge in [-0.15, -0.1) is 0 Å². The Bertz CT molecular complexity index is 1180. The summed E-state index contributed by atoms with van der Waals surface area (Å²) in [6.45, 7) is 4.51. The molecule has 1 aromatic carbocycles. The van der Waals surface area contributed by atoms with Gasteiger partial charge in [0.25, 0.3) is 5.56 Å². The fourth-order valence-corrected chi connectivity index (χ4v) is 4.28. The van der Waals surface area contributed by atoms with Crippen LogP contribution in [0.3, 0.4) is 0 Å². The van der Waals surface area contributed by atoms with E-state index in [1.54, 1.807) is 18.8 Å². The third kappa shape index (κ3) is 7.65. The van der Waals surface area contributed by atoms with Crippen LogP contribution in [0.15, 0.2) is 39.9 Å². The lowest BCUT2D eigenvalue weighted by Crippen LogP contribution is -2.36. The number of rotatable bonds is 10. The van der Waals surface area contributed by atoms with E-state index >= 15 is 0 Å². The Morgan fingerprint density at radius 1 is 1.18 bits per heavy atom. The van der Waals surface area contributed by atoms with Gasteiger partial charge in [0.2, 0.25) is 5.95 Å². The summed E-state index contributed by atoms with van der Waals surface area (Å²) < 4.78 is 47.3. The van der Waals surface area contributed by atoms with Gasteiger partial charge in [0.1, 0.15) is 24.7 Å². The van der Waals surface area contributed by atoms with Crippen LogP contribution in [0.25, 0.3) is 0 Å². The first-order valence-electron chi connectivity index (χ1n) is 9.98. The highest BCUT2D eigenvalue weighted by atomic mass is 31.2. The number of carbonyl (C=O) groups excluding carboxylic acids is 2. The number of benzene rings is 1. The number of nitrogens with one attached hydrogen (secondary N) is 2. The maximum Gasteiger partial charge on any atom is 0.424 e. The van der Waals surface area contributed by atoms with Crippen molar-refractivity contribution in [2.75, 3.05) is 13.5 Å². The minimum Gasteiger partial charge on any atom is -0.462 e. The summed E-state index contributed by atoms with van der Waals surface area (Å²) >= 11 is 0. The van der Waals surface area contributed by atoms with Crippen molar-refractivity contribution in [3.05, 3.63) is 62.7 Å². The second-order valence-electron chi connectivity index (χ2n) is 7.31. The maximum atomic E-state index is 13.7. The second kappa shape index (κ2) is 11.7. The molecule has 0 amide bonds. The van der Waals surface area contributed by atoms with Gasteiger partial charge < -0.3 is 18.7 Å². The number of ether oxygens (including phenoxy) is 3. The first kappa shape index (κ1) is 27.0. The van der Waals surface area contributed by atoms with Crippen LogP contribution in [0.2, 0.25) is 0 Å². The van der Waals surface area contributed by atoms with Crippen LogP contribution >= 0.6 is 7.52 Å². The average Bonchev–Trinajstić information content (AvgIpc) is 2.72. The van der Waals surface area contributed by atoms with E-state index in [4.69, 9.17) is 18.7 Å². The van der Waals surface area contributed by atoms with E-state index in [9.17, 15) is 28.1 Å². The van der Waals surface area contributed by atoms with E-state index in [1.807, 2.05) is 0 Å². The first-order valence-corrected chi connectivity index (χ1v) is 11.8. The molecule has 1 aromatic heterocycles. The van der Waals surface area contributed by atoms with Crippen LogP contribution in [0.1, 0.15) is 26.3 Å². The van der Waals surface area contributed by atoms with Gasteiger partial charge in [0.05, 0.1) is 12.2 Å². The van der Waals surface area contributed by atoms with Gasteiger partial charge in [-0.1, -0.05) is 12.1 Å². The molecule has 0 bridgehead atoms. The molecule has 1 heterocycles. The van der Waals surface area contributed by atoms with Crippen molar-refractivity contribution in [1.29, 1.82) is 0 Å². The highest BCUT2D eigenvalue weighted by molar-refractivity contribution is 7.57. The highest BCUT2D eigenvalue weighted by Crippen LogP contribution is 2.43. The molecule has 186 valence electrons. The summed E-state index contributed by atoms with van der Waals surface area (Å²) in [5.41, 5.74) is -1.83. The lowest BCUT2D eigenvalue weighted by Gasteiger charge is -2.23. The molecule has 2 aromatic rings. The molecule has 0 aliphatic carbocycles. The van der Waals surface area contributed by atoms with Crippen LogP contribution in [-0.4, -0.2) is 47.2 Å². The monoisotopic (exact) mass is 501 g/mol. The molecule has 34 heavy (non-hydrogen) atoms. The fraction of sp³-hybridized carbons (Fsp3) is 0.400. The number of carbonyl (C=O) groups is 2. The largest absolute Gasteiger partial charge is 0.462 e. The van der Waals surface area contributed by atoms with Crippen LogP contribution < -0.4 is 20.9 Å². The molecule has 2 N–H and O–H groups in total. The van der Waals surface area contributed by atoms with E-state index in [0.29, 0.717) is 11.6 Å². The number of halogens is 1. The Kier molecular flexibility index (Phi) is 9.30. The zero-order valence-corrected chi connectivity index (χ0v) is 19.8. The number of aromatic amines is 1. The van der Waals surface area contributed by atoms with Crippen molar-refractivity contribution < 1.29 is 37.3 Å². The van der Waals surface area contributed by atoms with Crippen molar-refractivity contribution in [2.45, 2.75) is 39.5 Å². The summed E-state index contributed by atoms with van der Waals surface area (Å²) in [5.74, 6) is -1.81. The number of nitrogens with zero attached hydrogens (tertiary/aromatic N) is 1. The molecule has 12 nitrogen and oxygen atoms in total. The van der Waals surface area contributed by atoms with Crippen molar-refractivity contribution in [3.63, 3.8) is 0 Å². The Hall–Kier alpha value is -3.28. The van der Waals surface area contributed by atoms with Crippen molar-refractivity contribution in [2.24, 2.45) is 0 Å². The molecule has 2 atom stereocenters. The summed E-state index contributed by atoms with van der Waals surface area (Å²) in [6, 6.07) is 5.31. The zero-order valence-electron chi connectivity index (χ0n) is 18.9. The standard InChI is InChI=1S/C20H25FN3O9P/c1-12(2)32-18(26)13(3)23-34(29,11-30-4)33-15-7-5-14(6-8-15)10-31-20(28)24-16(21)9-17(25)22-19(24)27/h5-9,12-13H,10-11H2,1-4H3,(H,23,29)(H,22,25,27)/t13-,34?/m0/s1. The minimum atomic E-state index is -3.66. The third-order valence-corrected chi connectivity index (χ3v) is 5.90. The predicted molar refractivity (Wildman–Crippen MR) is 117 cm³/mol. The minimum absolute atomic E-state index is 0.0387. The lowest BCUT2D eigenvalue weighted by atomic mass is 10.2. The van der Waals surface area contributed by atoms with Crippen molar-refractivity contribution in [3.8, 4) is 5.75 Å². The van der Waals surface area contributed by atoms with E-state index in [0.717, 1.165) is 0 Å². The Labute approximate surface area is 193 Å². The molecule has 1 unspecified atom stereocenters. The van der Waals surface area contributed by atoms with Gasteiger partial charge in [-0.3, -0.25) is 19.1 Å². The van der Waals surface area contributed by atoms with Gasteiger partial charge in [-0.25, -0.2) is 14.7 Å². The van der Waals surface area contributed by atoms with E-state index in [2.05, 4.69) is 5.09 Å². The average molecular weight is 501 g/mol. The maximum absolute atomic E-state index is 13.7. The lowest BCUT2D eigenvalue weighted by molar-refractivity contribution is -0.149. The van der Waals surface area contributed by atoms with E-state index in [-0.39, 0.29) is 29.4 Å². The molecular formula is C20H25FN3O9P. The van der Waals surface area contributed by atoms with Crippen LogP contribution in [-0.2, 0) is 30.2 Å². The number of methoxy groups -OCH3 is 1. The van der Waals surface area contributed by atoms with E-state index < -0.39 is 42.8 Å². The highest BCUT2D eigenvalue weighted by Gasteiger charge is 2.30. The number of esters is 1. The molecule has 0 radical (unpaired) electrons. The normalized spacial score (nSPS) is 13.7. The quantitative estimate of drug-likeness (QED) is 0.280. The van der Waals surface area contributed by atoms with Crippen molar-refractivity contribution >= 4 is 19.6 Å². The number of hydrogen-bond donors (Lipinski definition) is 2. The van der Waals surface area contributed by atoms with Crippen LogP contribution in [0.5, 0.6) is 5.75 Å². The van der Waals surface area contributed by atoms with Gasteiger partial charge in [0.15, 0.2) is 0 Å². The molecule has 0 aliphatic rings.